The Kier molecular flexibility index (Phi) is 2.78. The zero-order valence-corrected chi connectivity index (χ0v) is 11.4. The molecule has 0 saturated carbocycles. The van der Waals surface area contributed by atoms with Gasteiger partial charge in [0.15, 0.2) is 5.78 Å². The summed E-state index contributed by atoms with van der Waals surface area (Å²) >= 11 is 0. The molecule has 1 aliphatic carbocycles. The van der Waals surface area contributed by atoms with Gasteiger partial charge in [-0.25, -0.2) is 0 Å². The van der Waals surface area contributed by atoms with Gasteiger partial charge in [0.25, 0.3) is 0 Å². The van der Waals surface area contributed by atoms with E-state index in [2.05, 4.69) is 26.0 Å². The number of hydrogen-bond donors (Lipinski definition) is 0. The molecule has 1 aliphatic rings. The zero-order valence-electron chi connectivity index (χ0n) is 11.4. The smallest absolute Gasteiger partial charge is 0.193 e. The Morgan fingerprint density at radius 1 is 1.00 bits per heavy atom. The Morgan fingerprint density at radius 3 is 2.47 bits per heavy atom. The van der Waals surface area contributed by atoms with Gasteiger partial charge in [-0.2, -0.15) is 0 Å². The minimum Gasteiger partial charge on any atom is -0.289 e. The highest BCUT2D eigenvalue weighted by Gasteiger charge is 2.29. The lowest BCUT2D eigenvalue weighted by Gasteiger charge is -2.18. The van der Waals surface area contributed by atoms with Crippen molar-refractivity contribution < 1.29 is 4.79 Å². The van der Waals surface area contributed by atoms with E-state index in [9.17, 15) is 4.79 Å². The molecule has 0 aromatic heterocycles. The zero-order chi connectivity index (χ0) is 13.5. The monoisotopic (exact) mass is 250 g/mol. The molecule has 0 unspecified atom stereocenters. The highest BCUT2D eigenvalue weighted by molar-refractivity contribution is 6.09. The Hall–Kier alpha value is -1.89. The van der Waals surface area contributed by atoms with E-state index >= 15 is 0 Å². The van der Waals surface area contributed by atoms with Crippen LogP contribution < -0.4 is 0 Å². The second-order valence-electron chi connectivity index (χ2n) is 5.95. The number of ketones is 1. The predicted octanol–water partition coefficient (Wildman–Crippen LogP) is 4.14. The van der Waals surface area contributed by atoms with Gasteiger partial charge in [0.1, 0.15) is 0 Å². The molecule has 0 amide bonds. The number of carbonyl (C=O) groups excluding carboxylic acids is 1. The van der Waals surface area contributed by atoms with E-state index in [1.165, 1.54) is 17.5 Å². The standard InChI is InChI=1S/C18H18O/c1-18(2)11-10-14-12-15(8-9-16(14)18)17(19)13-6-4-3-5-7-13/h3-9,12H,10-11H2,1-2H3. The Balaban J connectivity index is 1.99. The van der Waals surface area contributed by atoms with Gasteiger partial charge in [-0.05, 0) is 35.4 Å². The fourth-order valence-corrected chi connectivity index (χ4v) is 2.94. The Bertz CT molecular complexity index is 623. The molecular formula is C18H18O. The summed E-state index contributed by atoms with van der Waals surface area (Å²) in [4.78, 5) is 12.4. The molecule has 1 nitrogen and oxygen atoms in total. The number of carbonyl (C=O) groups is 1. The van der Waals surface area contributed by atoms with Gasteiger partial charge in [0.05, 0.1) is 0 Å². The molecular weight excluding hydrogens is 232 g/mol. The number of aryl methyl sites for hydroxylation is 1. The van der Waals surface area contributed by atoms with Crippen LogP contribution in [-0.4, -0.2) is 5.78 Å². The van der Waals surface area contributed by atoms with Crippen molar-refractivity contribution in [1.82, 2.24) is 0 Å². The van der Waals surface area contributed by atoms with Crippen LogP contribution in [0.15, 0.2) is 48.5 Å². The summed E-state index contributed by atoms with van der Waals surface area (Å²) in [7, 11) is 0. The maximum Gasteiger partial charge on any atom is 0.193 e. The van der Waals surface area contributed by atoms with Crippen LogP contribution in [0.3, 0.4) is 0 Å². The fraction of sp³-hybridized carbons (Fsp3) is 0.278. The first kappa shape index (κ1) is 12.2. The normalized spacial score (nSPS) is 16.1. The maximum absolute atomic E-state index is 12.4. The van der Waals surface area contributed by atoms with Gasteiger partial charge in [0.2, 0.25) is 0 Å². The Labute approximate surface area is 114 Å². The average Bonchev–Trinajstić information content (AvgIpc) is 2.74. The summed E-state index contributed by atoms with van der Waals surface area (Å²) in [5, 5.41) is 0. The number of hydrogen-bond acceptors (Lipinski definition) is 1. The summed E-state index contributed by atoms with van der Waals surface area (Å²) in [5.41, 5.74) is 4.56. The van der Waals surface area contributed by atoms with E-state index in [0.29, 0.717) is 0 Å². The van der Waals surface area contributed by atoms with Crippen molar-refractivity contribution in [1.29, 1.82) is 0 Å². The second kappa shape index (κ2) is 4.34. The molecule has 0 atom stereocenters. The third-order valence-corrected chi connectivity index (χ3v) is 4.15. The molecule has 0 spiro atoms. The van der Waals surface area contributed by atoms with E-state index in [-0.39, 0.29) is 11.2 Å². The summed E-state index contributed by atoms with van der Waals surface area (Å²) in [6, 6.07) is 15.7. The van der Waals surface area contributed by atoms with Crippen LogP contribution in [-0.2, 0) is 11.8 Å². The molecule has 0 radical (unpaired) electrons. The molecule has 0 fully saturated rings. The molecule has 0 bridgehead atoms. The van der Waals surface area contributed by atoms with Crippen molar-refractivity contribution in [3.05, 3.63) is 70.8 Å². The van der Waals surface area contributed by atoms with Crippen LogP contribution in [0.4, 0.5) is 0 Å². The minimum atomic E-state index is 0.119. The van der Waals surface area contributed by atoms with Crippen LogP contribution in [0, 0.1) is 0 Å². The Morgan fingerprint density at radius 2 is 1.74 bits per heavy atom. The fourth-order valence-electron chi connectivity index (χ4n) is 2.94. The van der Waals surface area contributed by atoms with Crippen LogP contribution in [0.25, 0.3) is 0 Å². The van der Waals surface area contributed by atoms with Crippen LogP contribution in [0.2, 0.25) is 0 Å². The second-order valence-corrected chi connectivity index (χ2v) is 5.95. The van der Waals surface area contributed by atoms with Gasteiger partial charge in [-0.15, -0.1) is 0 Å². The van der Waals surface area contributed by atoms with Crippen molar-refractivity contribution in [2.45, 2.75) is 32.1 Å². The molecule has 0 saturated heterocycles. The SMILES string of the molecule is CC1(C)CCc2cc(C(=O)c3ccccc3)ccc21. The largest absolute Gasteiger partial charge is 0.289 e. The topological polar surface area (TPSA) is 17.1 Å². The molecule has 0 heterocycles. The van der Waals surface area contributed by atoms with E-state index in [1.54, 1.807) is 0 Å². The number of rotatable bonds is 2. The van der Waals surface area contributed by atoms with E-state index in [4.69, 9.17) is 0 Å². The number of fused-ring (bicyclic) bond motifs is 1. The lowest BCUT2D eigenvalue weighted by Crippen LogP contribution is -2.12. The number of benzene rings is 2. The quantitative estimate of drug-likeness (QED) is 0.732. The first-order valence-electron chi connectivity index (χ1n) is 6.81. The lowest BCUT2D eigenvalue weighted by atomic mass is 9.86. The summed E-state index contributed by atoms with van der Waals surface area (Å²) in [5.74, 6) is 0.119. The van der Waals surface area contributed by atoms with Gasteiger partial charge >= 0.3 is 0 Å². The van der Waals surface area contributed by atoms with Crippen LogP contribution in [0.5, 0.6) is 0 Å². The van der Waals surface area contributed by atoms with Gasteiger partial charge < -0.3 is 0 Å². The van der Waals surface area contributed by atoms with E-state index in [1.807, 2.05) is 36.4 Å². The third-order valence-electron chi connectivity index (χ3n) is 4.15. The molecule has 3 rings (SSSR count). The molecule has 0 N–H and O–H groups in total. The molecule has 1 heteroatoms. The summed E-state index contributed by atoms with van der Waals surface area (Å²) in [6.07, 6.45) is 2.25. The van der Waals surface area contributed by atoms with Crippen LogP contribution in [0.1, 0.15) is 47.3 Å². The highest BCUT2D eigenvalue weighted by Crippen LogP contribution is 2.38. The van der Waals surface area contributed by atoms with Crippen molar-refractivity contribution >= 4 is 5.78 Å². The van der Waals surface area contributed by atoms with Crippen LogP contribution >= 0.6 is 0 Å². The molecule has 2 aromatic rings. The molecule has 2 aromatic carbocycles. The summed E-state index contributed by atoms with van der Waals surface area (Å²) in [6.45, 7) is 4.55. The highest BCUT2D eigenvalue weighted by atomic mass is 16.1. The first-order chi connectivity index (χ1) is 9.08. The van der Waals surface area contributed by atoms with Gasteiger partial charge in [-0.3, -0.25) is 4.79 Å². The predicted molar refractivity (Wildman–Crippen MR) is 77.7 cm³/mol. The van der Waals surface area contributed by atoms with Crippen molar-refractivity contribution in [2.24, 2.45) is 0 Å². The third kappa shape index (κ3) is 2.10. The van der Waals surface area contributed by atoms with E-state index in [0.717, 1.165) is 17.5 Å². The van der Waals surface area contributed by atoms with Gasteiger partial charge in [0, 0.05) is 11.1 Å². The molecule has 0 aliphatic heterocycles. The van der Waals surface area contributed by atoms with Crippen molar-refractivity contribution in [2.75, 3.05) is 0 Å². The van der Waals surface area contributed by atoms with Gasteiger partial charge in [-0.1, -0.05) is 56.3 Å². The van der Waals surface area contributed by atoms with E-state index < -0.39 is 0 Å². The average molecular weight is 250 g/mol. The molecule has 19 heavy (non-hydrogen) atoms. The first-order valence-corrected chi connectivity index (χ1v) is 6.81. The molecule has 96 valence electrons. The maximum atomic E-state index is 12.4. The summed E-state index contributed by atoms with van der Waals surface area (Å²) < 4.78 is 0. The van der Waals surface area contributed by atoms with Crippen molar-refractivity contribution in [3.63, 3.8) is 0 Å². The lowest BCUT2D eigenvalue weighted by molar-refractivity contribution is 0.103. The van der Waals surface area contributed by atoms with Crippen molar-refractivity contribution in [3.8, 4) is 0 Å². The minimum absolute atomic E-state index is 0.119.